The number of amides is 4. The van der Waals surface area contributed by atoms with Gasteiger partial charge in [0, 0.05) is 31.2 Å². The third-order valence-electron chi connectivity index (χ3n) is 5.79. The minimum atomic E-state index is -1.22. The summed E-state index contributed by atoms with van der Waals surface area (Å²) in [5, 5.41) is 17.3. The monoisotopic (exact) mass is 529 g/mol. The number of aromatic amines is 1. The molecule has 0 radical (unpaired) electrons. The van der Waals surface area contributed by atoms with Crippen LogP contribution in [0.5, 0.6) is 0 Å². The highest BCUT2D eigenvalue weighted by Gasteiger charge is 2.32. The van der Waals surface area contributed by atoms with E-state index in [1.54, 1.807) is 44.2 Å². The van der Waals surface area contributed by atoms with E-state index in [0.29, 0.717) is 5.69 Å². The smallest absolute Gasteiger partial charge is 0.326 e. The van der Waals surface area contributed by atoms with Gasteiger partial charge in [-0.3, -0.25) is 19.2 Å². The molecular weight excluding hydrogens is 494 g/mol. The lowest BCUT2D eigenvalue weighted by molar-refractivity contribution is -0.142. The fourth-order valence-corrected chi connectivity index (χ4v) is 3.63. The van der Waals surface area contributed by atoms with Crippen molar-refractivity contribution in [2.75, 3.05) is 0 Å². The summed E-state index contributed by atoms with van der Waals surface area (Å²) in [7, 11) is 0. The lowest BCUT2D eigenvalue weighted by Gasteiger charge is -2.27. The van der Waals surface area contributed by atoms with Crippen molar-refractivity contribution in [3.05, 3.63) is 54.1 Å². The Labute approximate surface area is 220 Å². The molecule has 4 unspecified atom stereocenters. The molecule has 1 heterocycles. The first-order valence-corrected chi connectivity index (χ1v) is 12.2. The number of aliphatic carboxylic acids is 1. The molecule has 2 aromatic rings. The lowest BCUT2D eigenvalue weighted by atomic mass is 10.0. The summed E-state index contributed by atoms with van der Waals surface area (Å²) in [6, 6.07) is 4.29. The number of carboxylic acids is 1. The minimum Gasteiger partial charge on any atom is -0.480 e. The van der Waals surface area contributed by atoms with E-state index < -0.39 is 59.7 Å². The highest BCUT2D eigenvalue weighted by atomic mass is 16.4. The van der Waals surface area contributed by atoms with Gasteiger partial charge in [0.15, 0.2) is 0 Å². The molecule has 0 saturated carbocycles. The zero-order valence-electron chi connectivity index (χ0n) is 21.3. The van der Waals surface area contributed by atoms with Gasteiger partial charge in [0.05, 0.1) is 12.4 Å². The number of carbonyl (C=O) groups excluding carboxylic acids is 4. The predicted molar refractivity (Wildman–Crippen MR) is 137 cm³/mol. The Hall–Kier alpha value is -4.26. The SMILES string of the molecule is CC(C)C(NC(=O)C(Cc1cnc[nH]1)NC(=O)C(N)CCC(N)=O)C(=O)NC(Cc1ccccc1)C(=O)O. The Morgan fingerprint density at radius 1 is 0.947 bits per heavy atom. The van der Waals surface area contributed by atoms with E-state index in [1.165, 1.54) is 12.5 Å². The van der Waals surface area contributed by atoms with Crippen LogP contribution in [0.1, 0.15) is 37.9 Å². The van der Waals surface area contributed by atoms with Crippen molar-refractivity contribution in [1.82, 2.24) is 25.9 Å². The molecule has 13 nitrogen and oxygen atoms in total. The molecule has 9 N–H and O–H groups in total. The first kappa shape index (κ1) is 30.0. The maximum Gasteiger partial charge on any atom is 0.326 e. The number of hydrogen-bond acceptors (Lipinski definition) is 7. The molecule has 0 fully saturated rings. The van der Waals surface area contributed by atoms with Gasteiger partial charge in [-0.25, -0.2) is 9.78 Å². The van der Waals surface area contributed by atoms with Crippen molar-refractivity contribution in [1.29, 1.82) is 0 Å². The number of primary amides is 1. The molecule has 13 heteroatoms. The molecule has 4 amide bonds. The van der Waals surface area contributed by atoms with E-state index >= 15 is 0 Å². The van der Waals surface area contributed by atoms with Crippen LogP contribution in [0.3, 0.4) is 0 Å². The van der Waals surface area contributed by atoms with Gasteiger partial charge >= 0.3 is 5.97 Å². The van der Waals surface area contributed by atoms with Crippen molar-refractivity contribution in [2.45, 2.75) is 63.7 Å². The van der Waals surface area contributed by atoms with Crippen molar-refractivity contribution in [3.8, 4) is 0 Å². The van der Waals surface area contributed by atoms with E-state index in [-0.39, 0.29) is 25.7 Å². The molecule has 0 aliphatic rings. The lowest BCUT2D eigenvalue weighted by Crippen LogP contribution is -2.59. The van der Waals surface area contributed by atoms with E-state index in [9.17, 15) is 29.1 Å². The summed E-state index contributed by atoms with van der Waals surface area (Å²) in [6.45, 7) is 3.39. The van der Waals surface area contributed by atoms with Gasteiger partial charge in [-0.1, -0.05) is 44.2 Å². The zero-order valence-corrected chi connectivity index (χ0v) is 21.3. The number of nitrogens with zero attached hydrogens (tertiary/aromatic N) is 1. The number of nitrogens with two attached hydrogens (primary N) is 2. The standard InChI is InChI=1S/C25H35N7O6/c1-14(2)21(24(36)31-19(25(37)38)10-15-6-4-3-5-7-15)32-23(35)18(11-16-12-28-13-29-16)30-22(34)17(26)8-9-20(27)33/h3-7,12-14,17-19,21H,8-11,26H2,1-2H3,(H2,27,33)(H,28,29)(H,30,34)(H,31,36)(H,32,35)(H,37,38). The number of rotatable bonds is 15. The number of imidazole rings is 1. The molecule has 1 aromatic carbocycles. The normalized spacial score (nSPS) is 14.1. The summed E-state index contributed by atoms with van der Waals surface area (Å²) in [5.41, 5.74) is 12.2. The van der Waals surface area contributed by atoms with Gasteiger partial charge in [0.25, 0.3) is 0 Å². The summed E-state index contributed by atoms with van der Waals surface area (Å²) < 4.78 is 0. The second-order valence-electron chi connectivity index (χ2n) is 9.27. The molecule has 2 rings (SSSR count). The first-order chi connectivity index (χ1) is 18.0. The average molecular weight is 530 g/mol. The quantitative estimate of drug-likeness (QED) is 0.151. The van der Waals surface area contributed by atoms with Gasteiger partial charge in [0.2, 0.25) is 23.6 Å². The maximum absolute atomic E-state index is 13.3. The van der Waals surface area contributed by atoms with Gasteiger partial charge in [-0.15, -0.1) is 0 Å². The number of carboxylic acid groups (broad SMARTS) is 1. The molecule has 4 atom stereocenters. The third kappa shape index (κ3) is 9.65. The van der Waals surface area contributed by atoms with E-state index in [0.717, 1.165) is 5.56 Å². The maximum atomic E-state index is 13.3. The average Bonchev–Trinajstić information content (AvgIpc) is 3.38. The van der Waals surface area contributed by atoms with Gasteiger partial charge in [-0.05, 0) is 17.9 Å². The van der Waals surface area contributed by atoms with Crippen LogP contribution < -0.4 is 27.4 Å². The number of nitrogens with one attached hydrogen (secondary N) is 4. The first-order valence-electron chi connectivity index (χ1n) is 12.2. The van der Waals surface area contributed by atoms with Crippen molar-refractivity contribution >= 4 is 29.6 Å². The summed E-state index contributed by atoms with van der Waals surface area (Å²) >= 11 is 0. The number of hydrogen-bond donors (Lipinski definition) is 7. The van der Waals surface area contributed by atoms with Crippen LogP contribution in [-0.4, -0.2) is 68.8 Å². The fraction of sp³-hybridized carbons (Fsp3) is 0.440. The van der Waals surface area contributed by atoms with E-state index in [4.69, 9.17) is 11.5 Å². The molecule has 1 aromatic heterocycles. The zero-order chi connectivity index (χ0) is 28.2. The van der Waals surface area contributed by atoms with Crippen LogP contribution in [0.25, 0.3) is 0 Å². The number of carbonyl (C=O) groups is 5. The van der Waals surface area contributed by atoms with E-state index in [1.807, 2.05) is 0 Å². The molecule has 0 aliphatic heterocycles. The molecular formula is C25H35N7O6. The van der Waals surface area contributed by atoms with Crippen LogP contribution in [0.2, 0.25) is 0 Å². The minimum absolute atomic E-state index is 0.00538. The topological polar surface area (TPSA) is 222 Å². The molecule has 0 aliphatic carbocycles. The fourth-order valence-electron chi connectivity index (χ4n) is 3.63. The number of benzene rings is 1. The van der Waals surface area contributed by atoms with Crippen LogP contribution >= 0.6 is 0 Å². The Morgan fingerprint density at radius 3 is 2.16 bits per heavy atom. The summed E-state index contributed by atoms with van der Waals surface area (Å²) in [4.78, 5) is 68.5. The molecule has 206 valence electrons. The van der Waals surface area contributed by atoms with Crippen molar-refractivity contribution in [2.24, 2.45) is 17.4 Å². The Balaban J connectivity index is 2.14. The molecule has 0 saturated heterocycles. The van der Waals surface area contributed by atoms with Gasteiger partial charge in [0.1, 0.15) is 18.1 Å². The molecule has 0 spiro atoms. The highest BCUT2D eigenvalue weighted by Crippen LogP contribution is 2.08. The predicted octanol–water partition coefficient (Wildman–Crippen LogP) is -1.02. The van der Waals surface area contributed by atoms with Crippen LogP contribution in [0.4, 0.5) is 0 Å². The number of aromatic nitrogens is 2. The molecule has 38 heavy (non-hydrogen) atoms. The van der Waals surface area contributed by atoms with Crippen LogP contribution in [0.15, 0.2) is 42.9 Å². The van der Waals surface area contributed by atoms with Crippen molar-refractivity contribution < 1.29 is 29.1 Å². The highest BCUT2D eigenvalue weighted by molar-refractivity contribution is 5.94. The third-order valence-corrected chi connectivity index (χ3v) is 5.79. The number of H-pyrrole nitrogens is 1. The van der Waals surface area contributed by atoms with Crippen LogP contribution in [-0.2, 0) is 36.8 Å². The second-order valence-corrected chi connectivity index (χ2v) is 9.27. The Kier molecular flexibility index (Phi) is 11.4. The Bertz CT molecular complexity index is 1090. The van der Waals surface area contributed by atoms with Gasteiger partial charge in [-0.2, -0.15) is 0 Å². The van der Waals surface area contributed by atoms with Gasteiger partial charge < -0.3 is 37.5 Å². The van der Waals surface area contributed by atoms with Crippen molar-refractivity contribution in [3.63, 3.8) is 0 Å². The summed E-state index contributed by atoms with van der Waals surface area (Å²) in [6.07, 6.45) is 2.85. The van der Waals surface area contributed by atoms with E-state index in [2.05, 4.69) is 25.9 Å². The summed E-state index contributed by atoms with van der Waals surface area (Å²) in [5.74, 6) is -4.28. The second kappa shape index (κ2) is 14.5. The molecule has 0 bridgehead atoms. The Morgan fingerprint density at radius 2 is 1.61 bits per heavy atom. The largest absolute Gasteiger partial charge is 0.480 e. The van der Waals surface area contributed by atoms with Crippen LogP contribution in [0, 0.1) is 5.92 Å².